The predicted molar refractivity (Wildman–Crippen MR) is 96.1 cm³/mol. The monoisotopic (exact) mass is 368 g/mol. The van der Waals surface area contributed by atoms with E-state index < -0.39 is 16.7 Å². The van der Waals surface area contributed by atoms with Gasteiger partial charge in [0.15, 0.2) is 0 Å². The van der Waals surface area contributed by atoms with E-state index in [2.05, 4.69) is 10.3 Å². The number of nitrogens with zero attached hydrogens (tertiary/aromatic N) is 2. The summed E-state index contributed by atoms with van der Waals surface area (Å²) in [5, 5.41) is 27.4. The molecule has 3 rings (SSSR count). The highest BCUT2D eigenvalue weighted by molar-refractivity contribution is 5.93. The Kier molecular flexibility index (Phi) is 5.35. The number of nitro benzene ring substituents is 1. The van der Waals surface area contributed by atoms with Crippen LogP contribution in [-0.4, -0.2) is 15.8 Å². The van der Waals surface area contributed by atoms with E-state index in [1.165, 1.54) is 30.7 Å². The molecule has 0 radical (unpaired) electrons. The molecule has 2 heterocycles. The first kappa shape index (κ1) is 18.4. The number of amides is 1. The second-order valence-electron chi connectivity index (χ2n) is 6.09. The molecule has 8 nitrogen and oxygen atoms in total. The number of non-ortho nitro benzene ring substituents is 1. The predicted octanol–water partition coefficient (Wildman–Crippen LogP) is 3.21. The van der Waals surface area contributed by atoms with E-state index in [4.69, 9.17) is 4.42 Å². The van der Waals surface area contributed by atoms with Gasteiger partial charge in [0.25, 0.3) is 5.69 Å². The zero-order valence-corrected chi connectivity index (χ0v) is 14.7. The van der Waals surface area contributed by atoms with Crippen molar-refractivity contribution >= 4 is 22.5 Å². The summed E-state index contributed by atoms with van der Waals surface area (Å²) in [4.78, 5) is 27.2. The van der Waals surface area contributed by atoms with Crippen LogP contribution in [0.2, 0.25) is 0 Å². The van der Waals surface area contributed by atoms with Gasteiger partial charge in [-0.15, -0.1) is 0 Å². The maximum atomic E-state index is 13.0. The number of hydrogen-bond acceptors (Lipinski definition) is 6. The highest BCUT2D eigenvalue weighted by Crippen LogP contribution is 2.38. The third kappa shape index (κ3) is 3.74. The molecule has 0 aliphatic rings. The van der Waals surface area contributed by atoms with Crippen LogP contribution in [0.1, 0.15) is 43.6 Å². The number of carbonyl (C=O) groups excluding carboxylic acids is 1. The minimum absolute atomic E-state index is 0.0129. The van der Waals surface area contributed by atoms with Crippen LogP contribution in [0.25, 0.3) is 10.9 Å². The van der Waals surface area contributed by atoms with Gasteiger partial charge in [-0.05, 0) is 36.2 Å². The van der Waals surface area contributed by atoms with Gasteiger partial charge in [-0.2, -0.15) is 0 Å². The Bertz CT molecular complexity index is 969. The van der Waals surface area contributed by atoms with E-state index in [0.717, 1.165) is 6.42 Å². The summed E-state index contributed by atoms with van der Waals surface area (Å²) in [7, 11) is 0. The van der Waals surface area contributed by atoms with Gasteiger partial charge >= 0.3 is 0 Å². The highest BCUT2D eigenvalue weighted by Gasteiger charge is 2.25. The van der Waals surface area contributed by atoms with E-state index >= 15 is 0 Å². The van der Waals surface area contributed by atoms with Crippen LogP contribution in [0.15, 0.2) is 47.2 Å². The molecule has 1 aromatic carbocycles. The summed E-state index contributed by atoms with van der Waals surface area (Å²) in [6.07, 6.45) is 4.64. The van der Waals surface area contributed by atoms with Crippen molar-refractivity contribution in [1.82, 2.24) is 10.3 Å². The van der Waals surface area contributed by atoms with Crippen molar-refractivity contribution in [3.05, 3.63) is 64.2 Å². The summed E-state index contributed by atoms with van der Waals surface area (Å²) in [6, 6.07) is 6.51. The number of unbranched alkanes of at least 4 members (excludes halogenated alkanes) is 1. The minimum atomic E-state index is -0.929. The summed E-state index contributed by atoms with van der Waals surface area (Å²) < 4.78 is 5.38. The van der Waals surface area contributed by atoms with Crippen LogP contribution < -0.4 is 10.4 Å². The van der Waals surface area contributed by atoms with Crippen molar-refractivity contribution < 1.29 is 19.2 Å². The van der Waals surface area contributed by atoms with Crippen molar-refractivity contribution in [2.24, 2.45) is 0 Å². The lowest BCUT2D eigenvalue weighted by molar-refractivity contribution is -0.383. The van der Waals surface area contributed by atoms with E-state index in [9.17, 15) is 20.0 Å². The van der Waals surface area contributed by atoms with Gasteiger partial charge in [-0.3, -0.25) is 19.9 Å². The molecule has 140 valence electrons. The van der Waals surface area contributed by atoms with Crippen LogP contribution in [0.4, 0.5) is 5.69 Å². The third-order valence-electron chi connectivity index (χ3n) is 4.25. The Balaban J connectivity index is 2.14. The highest BCUT2D eigenvalue weighted by atomic mass is 16.6. The molecule has 0 aliphatic carbocycles. The van der Waals surface area contributed by atoms with E-state index in [-0.39, 0.29) is 34.5 Å². The van der Waals surface area contributed by atoms with Crippen molar-refractivity contribution in [1.29, 1.82) is 0 Å². The SMILES string of the molecule is CCCCC(=O)N[C@@H](c1ccco1)c1cc([N+](=O)[O-])c2cccnc2c1[O-]. The van der Waals surface area contributed by atoms with Gasteiger partial charge in [-0.25, -0.2) is 0 Å². The molecule has 0 aliphatic heterocycles. The standard InChI is InChI=1S/C19H19N3O5/c1-2-3-8-16(23)21-17(15-7-5-10-27-15)13-11-14(22(25)26)12-6-4-9-20-18(12)19(13)24/h4-7,9-11,17,24H,2-3,8H2,1H3,(H,21,23)/p-1/t17-/m1/s1. The first-order valence-corrected chi connectivity index (χ1v) is 8.58. The van der Waals surface area contributed by atoms with Crippen LogP contribution in [-0.2, 0) is 4.79 Å². The quantitative estimate of drug-likeness (QED) is 0.505. The number of benzene rings is 1. The van der Waals surface area contributed by atoms with Crippen molar-refractivity contribution in [2.75, 3.05) is 0 Å². The lowest BCUT2D eigenvalue weighted by atomic mass is 9.99. The Hall–Kier alpha value is -3.42. The van der Waals surface area contributed by atoms with Crippen LogP contribution >= 0.6 is 0 Å². The molecule has 0 saturated carbocycles. The zero-order valence-electron chi connectivity index (χ0n) is 14.7. The number of aromatic nitrogens is 1. The molecule has 0 bridgehead atoms. The molecular formula is C19H18N3O5-. The molecule has 3 aromatic rings. The Morgan fingerprint density at radius 2 is 2.19 bits per heavy atom. The molecule has 8 heteroatoms. The van der Waals surface area contributed by atoms with Gasteiger partial charge in [0.05, 0.1) is 22.1 Å². The molecular weight excluding hydrogens is 350 g/mol. The lowest BCUT2D eigenvalue weighted by Crippen LogP contribution is -2.29. The lowest BCUT2D eigenvalue weighted by Gasteiger charge is -2.23. The summed E-state index contributed by atoms with van der Waals surface area (Å²) in [6.45, 7) is 1.96. The maximum absolute atomic E-state index is 13.0. The zero-order chi connectivity index (χ0) is 19.4. The van der Waals surface area contributed by atoms with Gasteiger partial charge in [-0.1, -0.05) is 19.1 Å². The smallest absolute Gasteiger partial charge is 0.279 e. The van der Waals surface area contributed by atoms with E-state index in [0.29, 0.717) is 12.2 Å². The fraction of sp³-hybridized carbons (Fsp3) is 0.263. The first-order chi connectivity index (χ1) is 13.0. The van der Waals surface area contributed by atoms with E-state index in [1.807, 2.05) is 6.92 Å². The molecule has 1 atom stereocenters. The molecule has 1 amide bonds. The topological polar surface area (TPSA) is 121 Å². The number of rotatable bonds is 7. The number of nitrogens with one attached hydrogen (secondary N) is 1. The molecule has 0 saturated heterocycles. The first-order valence-electron chi connectivity index (χ1n) is 8.58. The fourth-order valence-electron chi connectivity index (χ4n) is 2.91. The molecule has 27 heavy (non-hydrogen) atoms. The molecule has 0 unspecified atom stereocenters. The normalized spacial score (nSPS) is 12.0. The number of carbonyl (C=O) groups is 1. The number of nitro groups is 1. The van der Waals surface area contributed by atoms with Crippen molar-refractivity contribution in [2.45, 2.75) is 32.2 Å². The van der Waals surface area contributed by atoms with Crippen LogP contribution in [0.3, 0.4) is 0 Å². The number of fused-ring (bicyclic) bond motifs is 1. The minimum Gasteiger partial charge on any atom is -0.871 e. The second-order valence-corrected chi connectivity index (χ2v) is 6.09. The van der Waals surface area contributed by atoms with Crippen molar-refractivity contribution in [3.63, 3.8) is 0 Å². The average Bonchev–Trinajstić information content (AvgIpc) is 3.19. The number of furan rings is 1. The number of hydrogen-bond donors (Lipinski definition) is 1. The maximum Gasteiger partial charge on any atom is 0.279 e. The van der Waals surface area contributed by atoms with Crippen molar-refractivity contribution in [3.8, 4) is 5.75 Å². The van der Waals surface area contributed by atoms with Gasteiger partial charge in [0, 0.05) is 18.7 Å². The van der Waals surface area contributed by atoms with Gasteiger partial charge < -0.3 is 14.8 Å². The Labute approximate surface area is 155 Å². The second kappa shape index (κ2) is 7.86. The van der Waals surface area contributed by atoms with Crippen LogP contribution in [0.5, 0.6) is 5.75 Å². The number of pyridine rings is 1. The fourth-order valence-corrected chi connectivity index (χ4v) is 2.91. The molecule has 2 aromatic heterocycles. The largest absolute Gasteiger partial charge is 0.871 e. The molecule has 0 fully saturated rings. The average molecular weight is 368 g/mol. The molecule has 1 N–H and O–H groups in total. The van der Waals surface area contributed by atoms with Gasteiger partial charge in [0.2, 0.25) is 5.91 Å². The summed E-state index contributed by atoms with van der Waals surface area (Å²) in [5.74, 6) is -0.420. The third-order valence-corrected chi connectivity index (χ3v) is 4.25. The Morgan fingerprint density at radius 3 is 2.85 bits per heavy atom. The summed E-state index contributed by atoms with van der Waals surface area (Å²) in [5.41, 5.74) is -0.208. The van der Waals surface area contributed by atoms with Crippen LogP contribution in [0, 0.1) is 10.1 Å². The van der Waals surface area contributed by atoms with Gasteiger partial charge in [0.1, 0.15) is 11.8 Å². The van der Waals surface area contributed by atoms with E-state index in [1.54, 1.807) is 12.1 Å². The summed E-state index contributed by atoms with van der Waals surface area (Å²) >= 11 is 0. The molecule has 0 spiro atoms. The Morgan fingerprint density at radius 1 is 1.37 bits per heavy atom.